The molecule has 3 atom stereocenters. The Bertz CT molecular complexity index is 413. The molecule has 19 heavy (non-hydrogen) atoms. The second kappa shape index (κ2) is 5.12. The average Bonchev–Trinajstić information content (AvgIpc) is 3.08. The van der Waals surface area contributed by atoms with E-state index in [0.717, 1.165) is 32.1 Å². The van der Waals surface area contributed by atoms with Crippen molar-refractivity contribution in [3.63, 3.8) is 0 Å². The van der Waals surface area contributed by atoms with Gasteiger partial charge < -0.3 is 9.47 Å². The van der Waals surface area contributed by atoms with Crippen molar-refractivity contribution >= 4 is 5.78 Å². The molecule has 1 heterocycles. The minimum Gasteiger partial charge on any atom is -0.347 e. The molecule has 2 saturated carbocycles. The molecule has 0 aromatic heterocycles. The minimum atomic E-state index is -0.450. The monoisotopic (exact) mass is 265 g/mol. The molecule has 1 aliphatic heterocycles. The number of Topliss-reactive ketones (excluding diaryl/α,β-unsaturated/α-hetero) is 1. The van der Waals surface area contributed by atoms with Gasteiger partial charge in [-0.1, -0.05) is 11.5 Å². The van der Waals surface area contributed by atoms with Gasteiger partial charge in [-0.25, -0.2) is 0 Å². The average molecular weight is 265 g/mol. The lowest BCUT2D eigenvalue weighted by atomic mass is 9.80. The topological polar surface area (TPSA) is 84.3 Å². The van der Waals surface area contributed by atoms with Crippen LogP contribution in [0.3, 0.4) is 0 Å². The maximum Gasteiger partial charge on any atom is 0.172 e. The number of ether oxygens (including phenoxy) is 2. The molecule has 0 aromatic carbocycles. The summed E-state index contributed by atoms with van der Waals surface area (Å²) < 4.78 is 11.6. The van der Waals surface area contributed by atoms with Gasteiger partial charge in [0.15, 0.2) is 5.79 Å². The van der Waals surface area contributed by atoms with E-state index in [2.05, 4.69) is 10.0 Å². The zero-order valence-electron chi connectivity index (χ0n) is 11.0. The zero-order chi connectivity index (χ0) is 13.3. The summed E-state index contributed by atoms with van der Waals surface area (Å²) in [6, 6.07) is 0. The summed E-state index contributed by atoms with van der Waals surface area (Å²) in [5.74, 6) is 0.423. The maximum atomic E-state index is 12.2. The molecule has 1 saturated heterocycles. The van der Waals surface area contributed by atoms with Crippen LogP contribution >= 0.6 is 0 Å². The van der Waals surface area contributed by atoms with E-state index >= 15 is 0 Å². The number of carbonyl (C=O) groups excluding carboxylic acids is 1. The van der Waals surface area contributed by atoms with E-state index in [-0.39, 0.29) is 17.8 Å². The van der Waals surface area contributed by atoms with Gasteiger partial charge in [-0.3, -0.25) is 4.79 Å². The highest BCUT2D eigenvalue weighted by Crippen LogP contribution is 2.56. The molecule has 2 aliphatic carbocycles. The summed E-state index contributed by atoms with van der Waals surface area (Å²) >= 11 is 0. The predicted molar refractivity (Wildman–Crippen MR) is 67.2 cm³/mol. The minimum absolute atomic E-state index is 0.0860. The van der Waals surface area contributed by atoms with Gasteiger partial charge in [0.05, 0.1) is 13.2 Å². The Morgan fingerprint density at radius 1 is 1.37 bits per heavy atom. The molecule has 3 fully saturated rings. The van der Waals surface area contributed by atoms with Crippen molar-refractivity contribution in [1.29, 1.82) is 0 Å². The van der Waals surface area contributed by atoms with Gasteiger partial charge in [-0.15, -0.1) is 0 Å². The summed E-state index contributed by atoms with van der Waals surface area (Å²) in [5, 5.41) is 3.52. The fourth-order valence-electron chi connectivity index (χ4n) is 3.99. The van der Waals surface area contributed by atoms with Crippen molar-refractivity contribution in [1.82, 2.24) is 0 Å². The molecule has 3 aliphatic rings. The molecule has 0 N–H and O–H groups in total. The lowest BCUT2D eigenvalue weighted by molar-refractivity contribution is -0.202. The van der Waals surface area contributed by atoms with Crippen LogP contribution in [0.5, 0.6) is 0 Å². The Balaban J connectivity index is 1.58. The lowest BCUT2D eigenvalue weighted by Crippen LogP contribution is -2.44. The molecule has 2 unspecified atom stereocenters. The first kappa shape index (κ1) is 12.9. The van der Waals surface area contributed by atoms with Crippen molar-refractivity contribution in [3.8, 4) is 0 Å². The first-order valence-electron chi connectivity index (χ1n) is 7.09. The van der Waals surface area contributed by atoms with E-state index in [9.17, 15) is 4.79 Å². The number of hydrogen-bond acceptors (Lipinski definition) is 4. The molecule has 2 bridgehead atoms. The molecule has 1 spiro atoms. The van der Waals surface area contributed by atoms with Crippen LogP contribution in [0.15, 0.2) is 5.11 Å². The first-order chi connectivity index (χ1) is 9.27. The third-order valence-corrected chi connectivity index (χ3v) is 4.75. The van der Waals surface area contributed by atoms with Crippen LogP contribution in [0.1, 0.15) is 32.1 Å². The fourth-order valence-corrected chi connectivity index (χ4v) is 3.99. The normalized spacial score (nSPS) is 34.9. The molecule has 0 amide bonds. The van der Waals surface area contributed by atoms with Gasteiger partial charge in [0.25, 0.3) is 0 Å². The second-order valence-electron chi connectivity index (χ2n) is 5.71. The standard InChI is InChI=1S/C13H19N3O3/c14-16-15-4-2-1-3-10-11-7-9(12(10)17)8-13(11)18-5-6-19-13/h9-11H,1-8H2/t9?,10?,11-/m1/s1. The van der Waals surface area contributed by atoms with Crippen molar-refractivity contribution in [2.45, 2.75) is 37.9 Å². The Labute approximate surface area is 112 Å². The van der Waals surface area contributed by atoms with E-state index in [1.165, 1.54) is 0 Å². The van der Waals surface area contributed by atoms with E-state index < -0.39 is 5.79 Å². The summed E-state index contributed by atoms with van der Waals surface area (Å²) in [6.45, 7) is 1.83. The van der Waals surface area contributed by atoms with Crippen molar-refractivity contribution in [3.05, 3.63) is 10.4 Å². The van der Waals surface area contributed by atoms with Gasteiger partial charge in [0, 0.05) is 35.6 Å². The third-order valence-electron chi connectivity index (χ3n) is 4.75. The lowest BCUT2D eigenvalue weighted by Gasteiger charge is -2.36. The molecular weight excluding hydrogens is 246 g/mol. The van der Waals surface area contributed by atoms with Gasteiger partial charge in [0.1, 0.15) is 5.78 Å². The van der Waals surface area contributed by atoms with E-state index in [1.54, 1.807) is 0 Å². The van der Waals surface area contributed by atoms with Crippen LogP contribution in [-0.2, 0) is 14.3 Å². The number of rotatable bonds is 5. The highest BCUT2D eigenvalue weighted by atomic mass is 16.7. The zero-order valence-corrected chi connectivity index (χ0v) is 11.0. The van der Waals surface area contributed by atoms with Crippen LogP contribution < -0.4 is 0 Å². The number of nitrogens with zero attached hydrogens (tertiary/aromatic N) is 3. The number of hydrogen-bond donors (Lipinski definition) is 0. The SMILES string of the molecule is [N-]=[N+]=NCCCCC1C(=O)C2C[C@H]1C1(C2)OCCO1. The molecule has 0 radical (unpaired) electrons. The van der Waals surface area contributed by atoms with Crippen LogP contribution in [-0.4, -0.2) is 31.3 Å². The molecule has 6 heteroatoms. The molecule has 104 valence electrons. The van der Waals surface area contributed by atoms with Crippen LogP contribution in [0.4, 0.5) is 0 Å². The Hall–Kier alpha value is -1.10. The van der Waals surface area contributed by atoms with Gasteiger partial charge in [0.2, 0.25) is 0 Å². The Morgan fingerprint density at radius 3 is 2.84 bits per heavy atom. The smallest absolute Gasteiger partial charge is 0.172 e. The van der Waals surface area contributed by atoms with E-state index in [0.29, 0.717) is 25.5 Å². The summed E-state index contributed by atoms with van der Waals surface area (Å²) in [7, 11) is 0. The Morgan fingerprint density at radius 2 is 2.16 bits per heavy atom. The predicted octanol–water partition coefficient (Wildman–Crippen LogP) is 2.44. The van der Waals surface area contributed by atoms with Gasteiger partial charge >= 0.3 is 0 Å². The molecular formula is C13H19N3O3. The molecule has 6 nitrogen and oxygen atoms in total. The van der Waals surface area contributed by atoms with Gasteiger partial charge in [-0.05, 0) is 24.8 Å². The summed E-state index contributed by atoms with van der Waals surface area (Å²) in [6.07, 6.45) is 4.33. The number of azide groups is 1. The van der Waals surface area contributed by atoms with Crippen molar-refractivity contribution < 1.29 is 14.3 Å². The van der Waals surface area contributed by atoms with Crippen molar-refractivity contribution in [2.75, 3.05) is 19.8 Å². The van der Waals surface area contributed by atoms with E-state index in [1.807, 2.05) is 0 Å². The number of carbonyl (C=O) groups is 1. The molecule has 0 aromatic rings. The Kier molecular flexibility index (Phi) is 3.48. The molecule has 3 rings (SSSR count). The second-order valence-corrected chi connectivity index (χ2v) is 5.71. The number of unbranched alkanes of at least 4 members (excludes halogenated alkanes) is 1. The third kappa shape index (κ3) is 2.14. The first-order valence-corrected chi connectivity index (χ1v) is 7.09. The number of ketones is 1. The highest BCUT2D eigenvalue weighted by Gasteiger charge is 2.62. The van der Waals surface area contributed by atoms with Crippen LogP contribution in [0.2, 0.25) is 0 Å². The van der Waals surface area contributed by atoms with Crippen LogP contribution in [0, 0.1) is 17.8 Å². The quantitative estimate of drug-likeness (QED) is 0.331. The van der Waals surface area contributed by atoms with Crippen molar-refractivity contribution in [2.24, 2.45) is 22.9 Å². The number of fused-ring (bicyclic) bond motifs is 3. The van der Waals surface area contributed by atoms with Crippen LogP contribution in [0.25, 0.3) is 10.4 Å². The summed E-state index contributed by atoms with van der Waals surface area (Å²) in [4.78, 5) is 15.0. The van der Waals surface area contributed by atoms with E-state index in [4.69, 9.17) is 15.0 Å². The summed E-state index contributed by atoms with van der Waals surface area (Å²) in [5.41, 5.74) is 8.22. The van der Waals surface area contributed by atoms with Gasteiger partial charge in [-0.2, -0.15) is 0 Å². The highest BCUT2D eigenvalue weighted by molar-refractivity contribution is 5.87. The largest absolute Gasteiger partial charge is 0.347 e. The fraction of sp³-hybridized carbons (Fsp3) is 0.923. The maximum absolute atomic E-state index is 12.2.